The number of carbonyl (C=O) groups is 2. The smallest absolute Gasteiger partial charge is 0.216 e. The predicted octanol–water partition coefficient (Wildman–Crippen LogP) is 13.1. The molecule has 0 fully saturated rings. The van der Waals surface area contributed by atoms with Crippen molar-refractivity contribution < 1.29 is 9.59 Å². The van der Waals surface area contributed by atoms with Gasteiger partial charge in [0.1, 0.15) is 0 Å². The van der Waals surface area contributed by atoms with Crippen molar-refractivity contribution in [2.75, 3.05) is 46.8 Å². The van der Waals surface area contributed by atoms with E-state index in [4.69, 9.17) is 0 Å². The maximum Gasteiger partial charge on any atom is 0.216 e. The zero-order valence-corrected chi connectivity index (χ0v) is 36.5. The molecule has 5 nitrogen and oxygen atoms in total. The highest BCUT2D eigenvalue weighted by Gasteiger charge is 2.28. The average molecular weight is 734 g/mol. The standard InChI is InChI=1S/C47H95N3O2/c1-7-10-13-16-19-20-21-22-23-24-29-34-40-50(46(47(52)44(4)51)43-48-39-42-49(5)6)41-35-30-25-28-33-38-45(36-31-26-17-14-11-8-2)37-32-27-18-15-12-9-3/h45-46,48H,7-43H2,1-6H3. The van der Waals surface area contributed by atoms with Crippen molar-refractivity contribution in [1.82, 2.24) is 15.1 Å². The van der Waals surface area contributed by atoms with Crippen LogP contribution in [0.5, 0.6) is 0 Å². The molecule has 52 heavy (non-hydrogen) atoms. The molecule has 1 atom stereocenters. The van der Waals surface area contributed by atoms with E-state index in [9.17, 15) is 9.59 Å². The van der Waals surface area contributed by atoms with E-state index in [0.29, 0.717) is 6.54 Å². The molecule has 5 heteroatoms. The highest BCUT2D eigenvalue weighted by molar-refractivity contribution is 6.38. The van der Waals surface area contributed by atoms with E-state index in [1.807, 2.05) is 0 Å². The Morgan fingerprint density at radius 2 is 0.788 bits per heavy atom. The van der Waals surface area contributed by atoms with E-state index in [2.05, 4.69) is 50.0 Å². The normalized spacial score (nSPS) is 12.5. The van der Waals surface area contributed by atoms with Crippen LogP contribution in [0.4, 0.5) is 0 Å². The van der Waals surface area contributed by atoms with Gasteiger partial charge in [-0.3, -0.25) is 14.5 Å². The molecule has 0 aliphatic carbocycles. The molecular formula is C47H95N3O2. The van der Waals surface area contributed by atoms with Gasteiger partial charge in [-0.15, -0.1) is 0 Å². The summed E-state index contributed by atoms with van der Waals surface area (Å²) in [5.74, 6) is 0.426. The Morgan fingerprint density at radius 1 is 0.462 bits per heavy atom. The fourth-order valence-electron chi connectivity index (χ4n) is 7.88. The second-order valence-electron chi connectivity index (χ2n) is 16.9. The van der Waals surface area contributed by atoms with Gasteiger partial charge < -0.3 is 10.2 Å². The predicted molar refractivity (Wildman–Crippen MR) is 231 cm³/mol. The van der Waals surface area contributed by atoms with Crippen LogP contribution in [0.25, 0.3) is 0 Å². The molecule has 310 valence electrons. The summed E-state index contributed by atoms with van der Waals surface area (Å²) < 4.78 is 0. The van der Waals surface area contributed by atoms with Crippen molar-refractivity contribution in [1.29, 1.82) is 0 Å². The van der Waals surface area contributed by atoms with Crippen LogP contribution >= 0.6 is 0 Å². The van der Waals surface area contributed by atoms with Gasteiger partial charge in [-0.25, -0.2) is 0 Å². The molecule has 1 N–H and O–H groups in total. The van der Waals surface area contributed by atoms with Gasteiger partial charge in [0.25, 0.3) is 0 Å². The van der Waals surface area contributed by atoms with Gasteiger partial charge in [0.05, 0.1) is 6.04 Å². The number of likely N-dealkylation sites (N-methyl/N-ethyl adjacent to an activating group) is 1. The van der Waals surface area contributed by atoms with E-state index in [1.165, 1.54) is 200 Å². The minimum atomic E-state index is -0.336. The SMILES string of the molecule is CCCCCCCCCCCCCCN(CCCCCCCC(CCCCCCCC)CCCCCCCC)C(CNCCN(C)C)C(=O)C(C)=O. The minimum absolute atomic E-state index is 0.210. The Bertz CT molecular complexity index is 741. The molecule has 0 saturated heterocycles. The molecule has 0 radical (unpaired) electrons. The summed E-state index contributed by atoms with van der Waals surface area (Å²) in [6.45, 7) is 12.6. The molecule has 0 heterocycles. The zero-order chi connectivity index (χ0) is 38.3. The topological polar surface area (TPSA) is 52.6 Å². The van der Waals surface area contributed by atoms with Gasteiger partial charge in [-0.1, -0.05) is 213 Å². The van der Waals surface area contributed by atoms with Crippen LogP contribution in [0, 0.1) is 5.92 Å². The molecular weight excluding hydrogens is 639 g/mol. The maximum atomic E-state index is 13.2. The first-order valence-electron chi connectivity index (χ1n) is 23.5. The molecule has 0 aromatic rings. The van der Waals surface area contributed by atoms with Gasteiger partial charge in [-0.05, 0) is 45.9 Å². The zero-order valence-electron chi connectivity index (χ0n) is 36.5. The first-order valence-corrected chi connectivity index (χ1v) is 23.5. The molecule has 0 bridgehead atoms. The lowest BCUT2D eigenvalue weighted by molar-refractivity contribution is -0.138. The summed E-state index contributed by atoms with van der Waals surface area (Å²) in [5.41, 5.74) is 0. The molecule has 0 aliphatic heterocycles. The largest absolute Gasteiger partial charge is 0.313 e. The van der Waals surface area contributed by atoms with E-state index in [0.717, 1.165) is 44.9 Å². The van der Waals surface area contributed by atoms with Gasteiger partial charge in [0, 0.05) is 26.6 Å². The average Bonchev–Trinajstić information content (AvgIpc) is 3.13. The molecule has 0 aromatic heterocycles. The van der Waals surface area contributed by atoms with E-state index in [-0.39, 0.29) is 17.6 Å². The number of unbranched alkanes of at least 4 members (excludes halogenated alkanes) is 25. The highest BCUT2D eigenvalue weighted by atomic mass is 16.2. The number of Topliss-reactive ketones (excluding diaryl/α,β-unsaturated/α-hetero) is 2. The van der Waals surface area contributed by atoms with Crippen molar-refractivity contribution in [3.8, 4) is 0 Å². The summed E-state index contributed by atoms with van der Waals surface area (Å²) in [6, 6.07) is -0.336. The summed E-state index contributed by atoms with van der Waals surface area (Å²) in [4.78, 5) is 30.1. The lowest BCUT2D eigenvalue weighted by atomic mass is 9.89. The number of hydrogen-bond acceptors (Lipinski definition) is 5. The van der Waals surface area contributed by atoms with Crippen LogP contribution in [0.2, 0.25) is 0 Å². The molecule has 0 aliphatic rings. The van der Waals surface area contributed by atoms with Crippen LogP contribution in [0.3, 0.4) is 0 Å². The molecule has 1 unspecified atom stereocenters. The van der Waals surface area contributed by atoms with Gasteiger partial charge in [0.15, 0.2) is 5.78 Å². The fraction of sp³-hybridized carbons (Fsp3) is 0.957. The lowest BCUT2D eigenvalue weighted by Gasteiger charge is -2.31. The first kappa shape index (κ1) is 51.2. The fourth-order valence-corrected chi connectivity index (χ4v) is 7.88. The summed E-state index contributed by atoms with van der Waals surface area (Å²) in [5, 5.41) is 3.51. The van der Waals surface area contributed by atoms with E-state index >= 15 is 0 Å². The van der Waals surface area contributed by atoms with Gasteiger partial charge in [-0.2, -0.15) is 0 Å². The number of nitrogens with one attached hydrogen (secondary N) is 1. The maximum absolute atomic E-state index is 13.2. The Labute approximate surface area is 327 Å². The second kappa shape index (κ2) is 39.9. The molecule has 0 saturated carbocycles. The number of nitrogens with zero attached hydrogens (tertiary/aromatic N) is 2. The van der Waals surface area contributed by atoms with Crippen LogP contribution in [0.15, 0.2) is 0 Å². The Morgan fingerprint density at radius 3 is 1.12 bits per heavy atom. The van der Waals surface area contributed by atoms with Crippen molar-refractivity contribution in [3.63, 3.8) is 0 Å². The van der Waals surface area contributed by atoms with Crippen LogP contribution < -0.4 is 5.32 Å². The molecule has 0 amide bonds. The minimum Gasteiger partial charge on any atom is -0.313 e. The van der Waals surface area contributed by atoms with Gasteiger partial charge >= 0.3 is 0 Å². The lowest BCUT2D eigenvalue weighted by Crippen LogP contribution is -2.50. The third kappa shape index (κ3) is 33.8. The number of carbonyl (C=O) groups excluding carboxylic acids is 2. The summed E-state index contributed by atoms with van der Waals surface area (Å²) >= 11 is 0. The van der Waals surface area contributed by atoms with Crippen molar-refractivity contribution in [2.24, 2.45) is 5.92 Å². The second-order valence-corrected chi connectivity index (χ2v) is 16.9. The van der Waals surface area contributed by atoms with E-state index in [1.54, 1.807) is 0 Å². The number of ketones is 2. The van der Waals surface area contributed by atoms with Crippen LogP contribution in [0.1, 0.15) is 233 Å². The van der Waals surface area contributed by atoms with Crippen LogP contribution in [-0.4, -0.2) is 74.2 Å². The first-order chi connectivity index (χ1) is 25.4. The Balaban J connectivity index is 4.81. The Kier molecular flexibility index (Phi) is 39.3. The van der Waals surface area contributed by atoms with Crippen LogP contribution in [-0.2, 0) is 9.59 Å². The molecule has 0 spiro atoms. The van der Waals surface area contributed by atoms with Crippen molar-refractivity contribution >= 4 is 11.6 Å². The third-order valence-corrected chi connectivity index (χ3v) is 11.5. The van der Waals surface area contributed by atoms with Crippen molar-refractivity contribution in [3.05, 3.63) is 0 Å². The quantitative estimate of drug-likeness (QED) is 0.0499. The number of hydrogen-bond donors (Lipinski definition) is 1. The number of rotatable bonds is 43. The van der Waals surface area contributed by atoms with E-state index < -0.39 is 0 Å². The highest BCUT2D eigenvalue weighted by Crippen LogP contribution is 2.25. The molecule has 0 rings (SSSR count). The van der Waals surface area contributed by atoms with Gasteiger partial charge in [0.2, 0.25) is 5.78 Å². The molecule has 0 aromatic carbocycles. The summed E-state index contributed by atoms with van der Waals surface area (Å²) in [7, 11) is 4.15. The third-order valence-electron chi connectivity index (χ3n) is 11.5. The Hall–Kier alpha value is -0.780. The van der Waals surface area contributed by atoms with Crippen molar-refractivity contribution in [2.45, 2.75) is 239 Å². The summed E-state index contributed by atoms with van der Waals surface area (Å²) in [6.07, 6.45) is 43.6. The monoisotopic (exact) mass is 734 g/mol.